The van der Waals surface area contributed by atoms with Gasteiger partial charge in [-0.1, -0.05) is 0 Å². The Morgan fingerprint density at radius 3 is 3.05 bits per heavy atom. The normalized spacial score (nSPS) is 19.0. The number of hydrogen-bond acceptors (Lipinski definition) is 6. The molecule has 1 atom stereocenters. The number of aromatic nitrogens is 2. The van der Waals surface area contributed by atoms with Crippen LogP contribution in [0.25, 0.3) is 10.2 Å². The summed E-state index contributed by atoms with van der Waals surface area (Å²) in [6.07, 6.45) is 1.59. The number of piperazine rings is 1. The van der Waals surface area contributed by atoms with Gasteiger partial charge in [-0.15, -0.1) is 11.3 Å². The Morgan fingerprint density at radius 2 is 2.29 bits per heavy atom. The molecule has 2 aromatic heterocycles. The average Bonchev–Trinajstić information content (AvgIpc) is 2.86. The van der Waals surface area contributed by atoms with Gasteiger partial charge in [-0.05, 0) is 13.0 Å². The van der Waals surface area contributed by atoms with Gasteiger partial charge in [-0.25, -0.2) is 9.97 Å². The van der Waals surface area contributed by atoms with Crippen LogP contribution < -0.4 is 10.2 Å². The number of fused-ring (bicyclic) bond motifs is 1. The van der Waals surface area contributed by atoms with Crippen LogP contribution in [0.4, 0.5) is 5.82 Å². The Kier molecular flexibility index (Phi) is 3.77. The third kappa shape index (κ3) is 2.58. The number of hydrogen-bond donors (Lipinski definition) is 1. The van der Waals surface area contributed by atoms with Gasteiger partial charge in [-0.2, -0.15) is 0 Å². The van der Waals surface area contributed by atoms with Crippen LogP contribution in [-0.4, -0.2) is 60.5 Å². The largest absolute Gasteiger partial charge is 0.347 e. The Hall–Kier alpha value is -1.73. The van der Waals surface area contributed by atoms with Gasteiger partial charge < -0.3 is 15.1 Å². The molecular formula is C14H19N5OS. The van der Waals surface area contributed by atoms with E-state index in [1.165, 1.54) is 4.88 Å². The van der Waals surface area contributed by atoms with Crippen LogP contribution in [-0.2, 0) is 4.79 Å². The molecule has 6 nitrogen and oxygen atoms in total. The summed E-state index contributed by atoms with van der Waals surface area (Å²) in [6.45, 7) is 4.33. The summed E-state index contributed by atoms with van der Waals surface area (Å²) in [5, 5.41) is 4.33. The lowest BCUT2D eigenvalue weighted by atomic mass is 10.1. The maximum absolute atomic E-state index is 12.4. The number of carbonyl (C=O) groups excluding carboxylic acids is 1. The number of anilines is 1. The molecule has 1 N–H and O–H groups in total. The molecule has 3 heterocycles. The van der Waals surface area contributed by atoms with Crippen molar-refractivity contribution in [3.8, 4) is 0 Å². The monoisotopic (exact) mass is 305 g/mol. The molecule has 1 aliphatic heterocycles. The van der Waals surface area contributed by atoms with E-state index in [2.05, 4.69) is 33.2 Å². The van der Waals surface area contributed by atoms with Crippen LogP contribution in [0, 0.1) is 6.92 Å². The van der Waals surface area contributed by atoms with Crippen LogP contribution in [0.3, 0.4) is 0 Å². The summed E-state index contributed by atoms with van der Waals surface area (Å²) in [4.78, 5) is 27.1. The smallest absolute Gasteiger partial charge is 0.246 e. The maximum Gasteiger partial charge on any atom is 0.246 e. The number of nitrogens with zero attached hydrogens (tertiary/aromatic N) is 4. The number of thiophene rings is 1. The van der Waals surface area contributed by atoms with Crippen molar-refractivity contribution < 1.29 is 4.79 Å². The number of likely N-dealkylation sites (N-methyl/N-ethyl adjacent to an activating group) is 1. The van der Waals surface area contributed by atoms with Gasteiger partial charge in [-0.3, -0.25) is 4.79 Å². The predicted molar refractivity (Wildman–Crippen MR) is 84.8 cm³/mol. The van der Waals surface area contributed by atoms with E-state index >= 15 is 0 Å². The van der Waals surface area contributed by atoms with Gasteiger partial charge >= 0.3 is 0 Å². The van der Waals surface area contributed by atoms with Gasteiger partial charge in [0.1, 0.15) is 23.0 Å². The molecule has 1 aliphatic rings. The molecule has 2 aromatic rings. The molecule has 0 aliphatic carbocycles. The van der Waals surface area contributed by atoms with Crippen LogP contribution in [0.5, 0.6) is 0 Å². The Morgan fingerprint density at radius 1 is 1.48 bits per heavy atom. The van der Waals surface area contributed by atoms with Gasteiger partial charge in [0, 0.05) is 38.6 Å². The van der Waals surface area contributed by atoms with Crippen molar-refractivity contribution >= 4 is 33.3 Å². The standard InChI is InChI=1S/C14H19N5OS/c1-9-6-10-12(16-8-17-13(10)21-9)19-5-4-15-7-11(19)14(20)18(2)3/h6,8,11,15H,4-5,7H2,1-3H3. The minimum absolute atomic E-state index is 0.0981. The SMILES string of the molecule is Cc1cc2c(N3CCNCC3C(=O)N(C)C)ncnc2s1. The van der Waals surface area contributed by atoms with Gasteiger partial charge in [0.25, 0.3) is 0 Å². The zero-order chi connectivity index (χ0) is 15.0. The molecule has 0 radical (unpaired) electrons. The summed E-state index contributed by atoms with van der Waals surface area (Å²) in [6, 6.07) is 1.89. The predicted octanol–water partition coefficient (Wildman–Crippen LogP) is 0.866. The summed E-state index contributed by atoms with van der Waals surface area (Å²) in [7, 11) is 3.58. The second-order valence-electron chi connectivity index (χ2n) is 5.42. The third-order valence-electron chi connectivity index (χ3n) is 3.67. The van der Waals surface area contributed by atoms with E-state index in [0.29, 0.717) is 6.54 Å². The van der Waals surface area contributed by atoms with E-state index in [1.54, 1.807) is 36.7 Å². The van der Waals surface area contributed by atoms with Crippen molar-refractivity contribution in [1.29, 1.82) is 0 Å². The molecule has 7 heteroatoms. The highest BCUT2D eigenvalue weighted by molar-refractivity contribution is 7.18. The minimum Gasteiger partial charge on any atom is -0.347 e. The van der Waals surface area contributed by atoms with Crippen molar-refractivity contribution in [3.05, 3.63) is 17.3 Å². The molecule has 1 unspecified atom stereocenters. The molecule has 112 valence electrons. The molecule has 1 saturated heterocycles. The van der Waals surface area contributed by atoms with E-state index < -0.39 is 0 Å². The molecule has 0 aromatic carbocycles. The summed E-state index contributed by atoms with van der Waals surface area (Å²) in [5.41, 5.74) is 0. The van der Waals surface area contributed by atoms with Gasteiger partial charge in [0.15, 0.2) is 0 Å². The molecule has 0 saturated carbocycles. The molecule has 0 spiro atoms. The second-order valence-corrected chi connectivity index (χ2v) is 6.65. The zero-order valence-electron chi connectivity index (χ0n) is 12.5. The molecule has 1 fully saturated rings. The summed E-state index contributed by atoms with van der Waals surface area (Å²) < 4.78 is 0. The van der Waals surface area contributed by atoms with Crippen LogP contribution in [0.1, 0.15) is 4.88 Å². The van der Waals surface area contributed by atoms with E-state index in [9.17, 15) is 4.79 Å². The Bertz CT molecular complexity index is 668. The molecule has 0 bridgehead atoms. The van der Waals surface area contributed by atoms with Crippen molar-refractivity contribution in [2.45, 2.75) is 13.0 Å². The fourth-order valence-corrected chi connectivity index (χ4v) is 3.51. The topological polar surface area (TPSA) is 61.4 Å². The number of nitrogens with one attached hydrogen (secondary N) is 1. The van der Waals surface area contributed by atoms with Crippen LogP contribution in [0.15, 0.2) is 12.4 Å². The van der Waals surface area contributed by atoms with E-state index in [0.717, 1.165) is 29.1 Å². The van der Waals surface area contributed by atoms with Crippen LogP contribution in [0.2, 0.25) is 0 Å². The van der Waals surface area contributed by atoms with Crippen molar-refractivity contribution in [2.24, 2.45) is 0 Å². The first kappa shape index (κ1) is 14.2. The quantitative estimate of drug-likeness (QED) is 0.892. The molecule has 1 amide bonds. The maximum atomic E-state index is 12.4. The Labute approximate surface area is 127 Å². The van der Waals surface area contributed by atoms with Gasteiger partial charge in [0.05, 0.1) is 5.39 Å². The first-order chi connectivity index (χ1) is 10.1. The fraction of sp³-hybridized carbons (Fsp3) is 0.500. The molecular weight excluding hydrogens is 286 g/mol. The lowest BCUT2D eigenvalue weighted by molar-refractivity contribution is -0.130. The zero-order valence-corrected chi connectivity index (χ0v) is 13.3. The van der Waals surface area contributed by atoms with Gasteiger partial charge in [0.2, 0.25) is 5.91 Å². The first-order valence-electron chi connectivity index (χ1n) is 6.97. The number of amides is 1. The minimum atomic E-state index is -0.216. The second kappa shape index (κ2) is 5.57. The number of aryl methyl sites for hydroxylation is 1. The summed E-state index contributed by atoms with van der Waals surface area (Å²) >= 11 is 1.66. The highest BCUT2D eigenvalue weighted by Gasteiger charge is 2.31. The summed E-state index contributed by atoms with van der Waals surface area (Å²) in [5.74, 6) is 0.965. The number of rotatable bonds is 2. The van der Waals surface area contributed by atoms with Crippen molar-refractivity contribution in [1.82, 2.24) is 20.2 Å². The number of carbonyl (C=O) groups is 1. The highest BCUT2D eigenvalue weighted by Crippen LogP contribution is 2.31. The highest BCUT2D eigenvalue weighted by atomic mass is 32.1. The lowest BCUT2D eigenvalue weighted by Crippen LogP contribution is -2.58. The van der Waals surface area contributed by atoms with E-state index in [4.69, 9.17) is 0 Å². The lowest BCUT2D eigenvalue weighted by Gasteiger charge is -2.37. The van der Waals surface area contributed by atoms with Crippen molar-refractivity contribution in [2.75, 3.05) is 38.6 Å². The Balaban J connectivity index is 2.04. The molecule has 3 rings (SSSR count). The molecule has 21 heavy (non-hydrogen) atoms. The fourth-order valence-electron chi connectivity index (χ4n) is 2.67. The van der Waals surface area contributed by atoms with E-state index in [1.807, 2.05) is 0 Å². The first-order valence-corrected chi connectivity index (χ1v) is 7.79. The van der Waals surface area contributed by atoms with Crippen LogP contribution >= 0.6 is 11.3 Å². The van der Waals surface area contributed by atoms with Crippen molar-refractivity contribution in [3.63, 3.8) is 0 Å². The third-order valence-corrected chi connectivity index (χ3v) is 4.63. The van der Waals surface area contributed by atoms with E-state index in [-0.39, 0.29) is 11.9 Å². The average molecular weight is 305 g/mol.